The molecule has 4 saturated carbocycles. The Labute approximate surface area is 650 Å². The number of carboxylic acids is 1. The van der Waals surface area contributed by atoms with E-state index in [9.17, 15) is 44.4 Å². The molecule has 9 aromatic carbocycles. The first-order valence-electron chi connectivity index (χ1n) is 35.6. The number of nitrogens with one attached hydrogen (secondary N) is 7. The number of hydrogen-bond donors (Lipinski definition) is 9. The number of para-hydroxylation sites is 9. The van der Waals surface area contributed by atoms with E-state index in [-0.39, 0.29) is 34.0 Å². The van der Waals surface area contributed by atoms with Gasteiger partial charge in [-0.25, -0.2) is 34.8 Å². The Morgan fingerprint density at radius 3 is 1.39 bits per heavy atom. The molecule has 109 heavy (non-hydrogen) atoms. The van der Waals surface area contributed by atoms with Crippen LogP contribution in [0.25, 0.3) is 12.2 Å². The van der Waals surface area contributed by atoms with E-state index in [1.807, 2.05) is 172 Å². The molecule has 4 aliphatic carbocycles. The molecule has 6 aliphatic rings. The maximum absolute atomic E-state index is 11.9. The largest absolute Gasteiger partial charge is 0.478 e. The summed E-state index contributed by atoms with van der Waals surface area (Å²) in [7, 11) is 4.17. The Kier molecular flexibility index (Phi) is 29.6. The van der Waals surface area contributed by atoms with Crippen molar-refractivity contribution in [3.63, 3.8) is 0 Å². The van der Waals surface area contributed by atoms with Crippen molar-refractivity contribution in [2.24, 2.45) is 16.7 Å². The van der Waals surface area contributed by atoms with Crippen molar-refractivity contribution in [2.45, 2.75) is 114 Å². The number of hydrogen-bond acceptors (Lipinski definition) is 17. The Morgan fingerprint density at radius 1 is 0.541 bits per heavy atom. The molecule has 10 N–H and O–H groups in total. The maximum Gasteiger partial charge on any atom is 0.335 e. The van der Waals surface area contributed by atoms with E-state index in [1.54, 1.807) is 35.3 Å². The van der Waals surface area contributed by atoms with Gasteiger partial charge in [0.2, 0.25) is 18.1 Å². The molecule has 3 heterocycles. The standard InChI is InChI=1S/C14H11N.C13H12N2O2.C12H9NO.C12H11N.C10H15ClO3S.C10H19N.C7H7ClO2S.C5H5ClN2O4S/c1-3-7-13-11(5-1)9-10-12-6-2-4-8-14(12)15-13;14-11-8-9(13(16)17)6-7-12(11)15-10-4-2-1-3-5-10;1-3-7-11-9(5-1)13-10-6-2-4-8-12(10)14-11;1-3-7-11(8-4-1)13-12-9-5-2-6-10-12;1-9(2)7-3-4-10(9,8(12)5-7)6-15(11,13)14;1-2-6-9(5-1)11-10-7-3-4-8-10;8-11(9,10)6-7-4-2-1-3-5-7;1-2-3(13(6,11)12)4(9)8-5(10)7-2/h1-10,15H;1-8,15H,14H2,(H,16,17);1-8,13H;1-10,13H;7H,3-6H2,1-2H3;9-11H,1-8H2;1-5H,6H2;1H3,(H2,7,8,9,10). The van der Waals surface area contributed by atoms with Gasteiger partial charge in [0, 0.05) is 90.1 Å². The molecule has 2 aliphatic heterocycles. The number of aromatic amines is 2. The van der Waals surface area contributed by atoms with Crippen molar-refractivity contribution < 1.29 is 44.7 Å². The molecule has 20 nitrogen and oxygen atoms in total. The van der Waals surface area contributed by atoms with E-state index in [0.717, 1.165) is 58.4 Å². The number of nitrogen functional groups attached to an aromatic ring is 1. The number of ketones is 1. The van der Waals surface area contributed by atoms with Gasteiger partial charge in [-0.1, -0.05) is 197 Å². The van der Waals surface area contributed by atoms with Gasteiger partial charge in [-0.2, -0.15) is 0 Å². The first kappa shape index (κ1) is 83.1. The third-order valence-electron chi connectivity index (χ3n) is 19.3. The predicted molar refractivity (Wildman–Crippen MR) is 441 cm³/mol. The van der Waals surface area contributed by atoms with Crippen molar-refractivity contribution >= 4 is 134 Å². The first-order valence-corrected chi connectivity index (χ1v) is 42.8. The molecule has 26 heteroatoms. The van der Waals surface area contributed by atoms with Crippen LogP contribution in [0.4, 0.5) is 51.2 Å². The van der Waals surface area contributed by atoms with Gasteiger partial charge in [-0.05, 0) is 164 Å². The number of halogens is 3. The third kappa shape index (κ3) is 25.0. The minimum Gasteiger partial charge on any atom is -0.478 e. The quantitative estimate of drug-likeness (QED) is 0.0405. The average Bonchev–Trinajstić information content (AvgIpc) is 1.55. The molecule has 4 fully saturated rings. The van der Waals surface area contributed by atoms with Crippen molar-refractivity contribution in [3.8, 4) is 11.5 Å². The molecule has 572 valence electrons. The number of nitrogens with two attached hydrogens (primary N) is 1. The Morgan fingerprint density at radius 2 is 0.972 bits per heavy atom. The topological polar surface area (TPSA) is 318 Å². The Hall–Kier alpha value is -9.98. The number of carboxylic acid groups (broad SMARTS) is 1. The zero-order valence-electron chi connectivity index (χ0n) is 60.5. The lowest BCUT2D eigenvalue weighted by Crippen LogP contribution is -2.41. The molecule has 0 amide bonds. The molecule has 0 saturated heterocycles. The van der Waals surface area contributed by atoms with E-state index in [2.05, 4.69) is 80.1 Å². The zero-order chi connectivity index (χ0) is 78.2. The summed E-state index contributed by atoms with van der Waals surface area (Å²) >= 11 is 0. The third-order valence-corrected chi connectivity index (χ3v) is 22.9. The first-order chi connectivity index (χ1) is 52.0. The zero-order valence-corrected chi connectivity index (χ0v) is 65.2. The molecule has 0 radical (unpaired) electrons. The van der Waals surface area contributed by atoms with Gasteiger partial charge in [0.15, 0.2) is 16.4 Å². The van der Waals surface area contributed by atoms with Gasteiger partial charge in [-0.3, -0.25) is 14.6 Å². The Balaban J connectivity index is 0.000000144. The van der Waals surface area contributed by atoms with Gasteiger partial charge >= 0.3 is 11.7 Å². The van der Waals surface area contributed by atoms with Crippen LogP contribution in [0, 0.1) is 23.7 Å². The van der Waals surface area contributed by atoms with Crippen molar-refractivity contribution in [2.75, 3.05) is 32.8 Å². The summed E-state index contributed by atoms with van der Waals surface area (Å²) in [6.45, 7) is 5.27. The molecule has 0 spiro atoms. The number of rotatable bonds is 12. The van der Waals surface area contributed by atoms with Crippen LogP contribution in [0.5, 0.6) is 11.5 Å². The lowest BCUT2D eigenvalue weighted by atomic mass is 9.70. The molecule has 10 aromatic rings. The molecule has 16 rings (SSSR count). The lowest BCUT2D eigenvalue weighted by Gasteiger charge is -2.35. The number of aromatic nitrogens is 2. The van der Waals surface area contributed by atoms with E-state index in [0.29, 0.717) is 35.7 Å². The number of carbonyl (C=O) groups is 2. The minimum atomic E-state index is -4.12. The average molecular weight is 1590 g/mol. The molecule has 2 atom stereocenters. The summed E-state index contributed by atoms with van der Waals surface area (Å²) in [6.07, 6.45) is 18.1. The van der Waals surface area contributed by atoms with E-state index >= 15 is 0 Å². The van der Waals surface area contributed by atoms with Gasteiger partial charge in [0.1, 0.15) is 5.78 Å². The summed E-state index contributed by atoms with van der Waals surface area (Å²) in [5.74, 6) is 0.913. The summed E-state index contributed by atoms with van der Waals surface area (Å²) < 4.78 is 70.9. The van der Waals surface area contributed by atoms with Gasteiger partial charge in [0.25, 0.3) is 14.6 Å². The van der Waals surface area contributed by atoms with Crippen LogP contribution in [-0.4, -0.2) is 69.9 Å². The number of Topliss-reactive ketones (excluding diaryl/α,β-unsaturated/α-hetero) is 1. The van der Waals surface area contributed by atoms with Gasteiger partial charge in [0.05, 0.1) is 39.8 Å². The smallest absolute Gasteiger partial charge is 0.335 e. The van der Waals surface area contributed by atoms with E-state index in [4.69, 9.17) is 47.6 Å². The highest BCUT2D eigenvalue weighted by molar-refractivity contribution is 8.14. The molecular formula is C83H89Cl3N8O12S3. The summed E-state index contributed by atoms with van der Waals surface area (Å²) in [5.41, 5.74) is 15.0. The van der Waals surface area contributed by atoms with Gasteiger partial charge < -0.3 is 47.1 Å². The second-order valence-electron chi connectivity index (χ2n) is 27.3. The number of benzene rings is 9. The maximum atomic E-state index is 11.9. The highest BCUT2D eigenvalue weighted by Crippen LogP contribution is 2.64. The number of fused-ring (bicyclic) bond motifs is 6. The number of aromatic carboxylic acids is 1. The summed E-state index contributed by atoms with van der Waals surface area (Å²) in [5, 5.41) is 25.8. The van der Waals surface area contributed by atoms with Crippen LogP contribution in [0.3, 0.4) is 0 Å². The summed E-state index contributed by atoms with van der Waals surface area (Å²) in [4.78, 5) is 47.5. The fourth-order valence-electron chi connectivity index (χ4n) is 13.7. The van der Waals surface area contributed by atoms with Crippen LogP contribution in [0.1, 0.15) is 117 Å². The fourth-order valence-corrected chi connectivity index (χ4v) is 17.7. The monoisotopic (exact) mass is 1590 g/mol. The Bertz CT molecular complexity index is 5020. The second kappa shape index (κ2) is 38.9. The highest BCUT2D eigenvalue weighted by Gasteiger charge is 2.65. The minimum absolute atomic E-state index is 0.0799. The number of H-pyrrole nitrogens is 2. The lowest BCUT2D eigenvalue weighted by molar-refractivity contribution is -0.128. The van der Waals surface area contributed by atoms with Crippen LogP contribution in [-0.2, 0) is 37.7 Å². The van der Waals surface area contributed by atoms with Crippen molar-refractivity contribution in [3.05, 3.63) is 285 Å². The van der Waals surface area contributed by atoms with Crippen LogP contribution >= 0.6 is 32.0 Å². The summed E-state index contributed by atoms with van der Waals surface area (Å²) in [6, 6.07) is 77.5. The second-order valence-corrected chi connectivity index (χ2v) is 35.3. The highest BCUT2D eigenvalue weighted by atomic mass is 35.7. The SMILES string of the molecule is C1=Cc2ccccc2Nc2ccccc21.C1CCC(NC2CCCC2)C1.CC1(C)C2CCC1(CS(=O)(=O)Cl)C(=O)C2.Cc1[nH]c(=O)[nH]c(=O)c1S(=O)(=O)Cl.Nc1cc(C(=O)O)ccc1Nc1ccccc1.O=S(=O)(Cl)Cc1ccccc1.c1ccc(Nc2ccccc2)cc1.c1ccc2c(c1)Nc1ccccc1O2. The van der Waals surface area contributed by atoms with E-state index in [1.165, 1.54) is 92.9 Å². The molecule has 2 unspecified atom stereocenters. The van der Waals surface area contributed by atoms with Crippen LogP contribution in [0.2, 0.25) is 0 Å². The number of aryl methyl sites for hydroxylation is 1. The van der Waals surface area contributed by atoms with Crippen LogP contribution < -0.4 is 48.3 Å². The molecular weight excluding hydrogens is 1500 g/mol. The predicted octanol–water partition coefficient (Wildman–Crippen LogP) is 19.1. The van der Waals surface area contributed by atoms with Gasteiger partial charge in [-0.15, -0.1) is 0 Å². The molecule has 2 bridgehead atoms. The normalized spacial score (nSPS) is 16.6. The van der Waals surface area contributed by atoms with Crippen molar-refractivity contribution in [1.29, 1.82) is 0 Å². The fraction of sp³-hybridized carbons (Fsp3) is 0.253. The number of anilines is 9. The number of ether oxygens (including phenoxy) is 1. The van der Waals surface area contributed by atoms with Crippen molar-refractivity contribution in [1.82, 2.24) is 15.3 Å². The van der Waals surface area contributed by atoms with E-state index < -0.39 is 54.7 Å². The molecule has 1 aromatic heterocycles. The van der Waals surface area contributed by atoms with Crippen LogP contribution in [0.15, 0.2) is 251 Å². The number of carbonyl (C=O) groups excluding carboxylic acids is 1.